The fourth-order valence-corrected chi connectivity index (χ4v) is 1.70. The molecule has 0 spiro atoms. The number of carbonyl (C=O) groups is 1. The molecule has 104 valence electrons. The highest BCUT2D eigenvalue weighted by molar-refractivity contribution is 6.17. The first-order valence-corrected chi connectivity index (χ1v) is 5.41. The minimum atomic E-state index is -3.22. The number of halogens is 3. The van der Waals surface area contributed by atoms with E-state index in [0.717, 1.165) is 12.1 Å². The van der Waals surface area contributed by atoms with E-state index in [0.29, 0.717) is 0 Å². The van der Waals surface area contributed by atoms with Gasteiger partial charge in [-0.25, -0.2) is 0 Å². The van der Waals surface area contributed by atoms with E-state index in [2.05, 4.69) is 4.74 Å². The maximum atomic E-state index is 12.2. The number of aliphatic carboxylic acids is 1. The van der Waals surface area contributed by atoms with Crippen LogP contribution in [0.25, 0.3) is 0 Å². The fraction of sp³-hybridized carbons (Fsp3) is 0.300. The average molecular weight is 296 g/mol. The van der Waals surface area contributed by atoms with Crippen molar-refractivity contribution in [3.63, 3.8) is 0 Å². The molecule has 1 aromatic carbocycles. The summed E-state index contributed by atoms with van der Waals surface area (Å²) in [6.07, 6.45) is -0.623. The minimum Gasteiger partial charge on any atom is -0.481 e. The molecule has 1 aromatic rings. The van der Waals surface area contributed by atoms with E-state index in [1.165, 1.54) is 0 Å². The van der Waals surface area contributed by atoms with Gasteiger partial charge in [-0.15, -0.1) is 11.6 Å². The molecule has 0 saturated carbocycles. The van der Waals surface area contributed by atoms with Gasteiger partial charge in [0.25, 0.3) is 5.69 Å². The van der Waals surface area contributed by atoms with Gasteiger partial charge in [0.05, 0.1) is 17.4 Å². The van der Waals surface area contributed by atoms with E-state index >= 15 is 0 Å². The van der Waals surface area contributed by atoms with Gasteiger partial charge >= 0.3 is 12.6 Å². The average Bonchev–Trinajstić information content (AvgIpc) is 2.29. The molecule has 0 saturated heterocycles. The first kappa shape index (κ1) is 15.1. The lowest BCUT2D eigenvalue weighted by Crippen LogP contribution is -2.10. The summed E-state index contributed by atoms with van der Waals surface area (Å²) in [5.74, 6) is -2.11. The number of ether oxygens (including phenoxy) is 1. The Morgan fingerprint density at radius 2 is 2.16 bits per heavy atom. The predicted molar refractivity (Wildman–Crippen MR) is 60.6 cm³/mol. The Balaban J connectivity index is 3.37. The highest BCUT2D eigenvalue weighted by atomic mass is 35.5. The predicted octanol–water partition coefficient (Wildman–Crippen LogP) is 2.56. The minimum absolute atomic E-state index is 0.0638. The van der Waals surface area contributed by atoms with Crippen molar-refractivity contribution >= 4 is 23.3 Å². The molecule has 0 unspecified atom stereocenters. The van der Waals surface area contributed by atoms with Crippen molar-refractivity contribution in [3.8, 4) is 5.75 Å². The van der Waals surface area contributed by atoms with Gasteiger partial charge in [-0.3, -0.25) is 14.9 Å². The first-order chi connectivity index (χ1) is 8.85. The first-order valence-electron chi connectivity index (χ1n) is 4.88. The Hall–Kier alpha value is -1.96. The summed E-state index contributed by atoms with van der Waals surface area (Å²) in [6.45, 7) is -3.22. The summed E-state index contributed by atoms with van der Waals surface area (Å²) >= 11 is 5.54. The number of nitro groups is 1. The Morgan fingerprint density at radius 3 is 2.58 bits per heavy atom. The molecule has 6 nitrogen and oxygen atoms in total. The molecule has 0 amide bonds. The van der Waals surface area contributed by atoms with E-state index in [9.17, 15) is 23.7 Å². The maximum absolute atomic E-state index is 12.2. The molecule has 0 fully saturated rings. The Morgan fingerprint density at radius 1 is 1.53 bits per heavy atom. The van der Waals surface area contributed by atoms with E-state index in [1.807, 2.05) is 0 Å². The van der Waals surface area contributed by atoms with Crippen molar-refractivity contribution in [2.75, 3.05) is 0 Å². The number of non-ortho nitro benzene ring substituents is 1. The van der Waals surface area contributed by atoms with Crippen LogP contribution in [0.15, 0.2) is 12.1 Å². The SMILES string of the molecule is O=C(O)Cc1c(CCl)cc([N+](=O)[O-])cc1OC(F)F. The van der Waals surface area contributed by atoms with Gasteiger partial charge in [0.1, 0.15) is 5.75 Å². The van der Waals surface area contributed by atoms with Crippen LogP contribution in [0.1, 0.15) is 11.1 Å². The molecule has 1 N–H and O–H groups in total. The zero-order valence-corrected chi connectivity index (χ0v) is 10.1. The summed E-state index contributed by atoms with van der Waals surface area (Å²) in [5, 5.41) is 19.3. The maximum Gasteiger partial charge on any atom is 0.387 e. The van der Waals surface area contributed by atoms with Gasteiger partial charge in [-0.05, 0) is 5.56 Å². The van der Waals surface area contributed by atoms with Gasteiger partial charge in [0, 0.05) is 17.5 Å². The van der Waals surface area contributed by atoms with Crippen LogP contribution in [-0.2, 0) is 17.1 Å². The lowest BCUT2D eigenvalue weighted by molar-refractivity contribution is -0.385. The Labute approximate surface area is 110 Å². The van der Waals surface area contributed by atoms with Crippen LogP contribution in [0.3, 0.4) is 0 Å². The van der Waals surface area contributed by atoms with Gasteiger partial charge in [-0.2, -0.15) is 8.78 Å². The molecule has 0 heterocycles. The zero-order valence-electron chi connectivity index (χ0n) is 9.31. The molecular weight excluding hydrogens is 288 g/mol. The summed E-state index contributed by atoms with van der Waals surface area (Å²) in [7, 11) is 0. The van der Waals surface area contributed by atoms with Crippen LogP contribution in [0.5, 0.6) is 5.75 Å². The van der Waals surface area contributed by atoms with Crippen molar-refractivity contribution in [2.45, 2.75) is 18.9 Å². The molecule has 0 radical (unpaired) electrons. The monoisotopic (exact) mass is 295 g/mol. The normalized spacial score (nSPS) is 10.5. The number of hydrogen-bond acceptors (Lipinski definition) is 4. The van der Waals surface area contributed by atoms with E-state index in [1.54, 1.807) is 0 Å². The number of alkyl halides is 3. The molecule has 0 atom stereocenters. The van der Waals surface area contributed by atoms with Crippen LogP contribution < -0.4 is 4.74 Å². The summed E-state index contributed by atoms with van der Waals surface area (Å²) in [6, 6.07) is 1.78. The van der Waals surface area contributed by atoms with Crippen molar-refractivity contribution in [2.24, 2.45) is 0 Å². The van der Waals surface area contributed by atoms with Crippen molar-refractivity contribution in [3.05, 3.63) is 33.4 Å². The Bertz CT molecular complexity index is 509. The lowest BCUT2D eigenvalue weighted by atomic mass is 10.0. The standard InChI is InChI=1S/C10H8ClF2NO5/c11-4-5-1-6(14(17)18)2-8(19-10(12)13)7(5)3-9(15)16/h1-2,10H,3-4H2,(H,15,16). The molecule has 0 aromatic heterocycles. The quantitative estimate of drug-likeness (QED) is 0.495. The number of benzene rings is 1. The van der Waals surface area contributed by atoms with Gasteiger partial charge in [0.15, 0.2) is 0 Å². The largest absolute Gasteiger partial charge is 0.481 e. The number of carboxylic acid groups (broad SMARTS) is 1. The number of carboxylic acids is 1. The van der Waals surface area contributed by atoms with Crippen LogP contribution in [0.2, 0.25) is 0 Å². The molecule has 0 aliphatic rings. The van der Waals surface area contributed by atoms with Crippen LogP contribution >= 0.6 is 11.6 Å². The molecular formula is C10H8ClF2NO5. The smallest absolute Gasteiger partial charge is 0.387 e. The third-order valence-corrected chi connectivity index (χ3v) is 2.47. The fourth-order valence-electron chi connectivity index (χ4n) is 1.46. The topological polar surface area (TPSA) is 89.7 Å². The molecule has 0 aliphatic heterocycles. The second kappa shape index (κ2) is 6.28. The van der Waals surface area contributed by atoms with Crippen molar-refractivity contribution in [1.29, 1.82) is 0 Å². The third-order valence-electron chi connectivity index (χ3n) is 2.18. The molecule has 19 heavy (non-hydrogen) atoms. The third kappa shape index (κ3) is 4.02. The van der Waals surface area contributed by atoms with Crippen molar-refractivity contribution in [1.82, 2.24) is 0 Å². The Kier molecular flexibility index (Phi) is 4.99. The highest BCUT2D eigenvalue weighted by Crippen LogP contribution is 2.31. The molecule has 9 heteroatoms. The van der Waals surface area contributed by atoms with E-state index in [4.69, 9.17) is 16.7 Å². The lowest BCUT2D eigenvalue weighted by Gasteiger charge is -2.12. The molecule has 0 bridgehead atoms. The zero-order chi connectivity index (χ0) is 14.6. The van der Waals surface area contributed by atoms with E-state index < -0.39 is 35.4 Å². The van der Waals surface area contributed by atoms with E-state index in [-0.39, 0.29) is 17.0 Å². The van der Waals surface area contributed by atoms with Crippen LogP contribution in [-0.4, -0.2) is 22.6 Å². The second-order valence-electron chi connectivity index (χ2n) is 3.42. The number of nitrogens with zero attached hydrogens (tertiary/aromatic N) is 1. The van der Waals surface area contributed by atoms with Gasteiger partial charge < -0.3 is 9.84 Å². The van der Waals surface area contributed by atoms with Gasteiger partial charge in [0.2, 0.25) is 0 Å². The molecule has 1 rings (SSSR count). The highest BCUT2D eigenvalue weighted by Gasteiger charge is 2.21. The summed E-state index contributed by atoms with van der Waals surface area (Å²) in [5.41, 5.74) is -0.539. The second-order valence-corrected chi connectivity index (χ2v) is 3.69. The van der Waals surface area contributed by atoms with Crippen LogP contribution in [0.4, 0.5) is 14.5 Å². The van der Waals surface area contributed by atoms with Crippen LogP contribution in [0, 0.1) is 10.1 Å². The summed E-state index contributed by atoms with van der Waals surface area (Å²) < 4.78 is 28.6. The van der Waals surface area contributed by atoms with Crippen molar-refractivity contribution < 1.29 is 28.3 Å². The molecule has 0 aliphatic carbocycles. The number of rotatable bonds is 6. The number of nitro benzene ring substituents is 1. The van der Waals surface area contributed by atoms with Gasteiger partial charge in [-0.1, -0.05) is 0 Å². The number of hydrogen-bond donors (Lipinski definition) is 1. The summed E-state index contributed by atoms with van der Waals surface area (Å²) in [4.78, 5) is 20.5.